The highest BCUT2D eigenvalue weighted by Gasteiger charge is 2.18. The van der Waals surface area contributed by atoms with E-state index in [1.165, 1.54) is 47.9 Å². The molecule has 0 aliphatic carbocycles. The lowest BCUT2D eigenvalue weighted by Gasteiger charge is -2.14. The molecule has 0 saturated heterocycles. The normalized spacial score (nSPS) is 12.7. The monoisotopic (exact) mass is 684 g/mol. The lowest BCUT2D eigenvalue weighted by Crippen LogP contribution is -2.26. The van der Waals surface area contributed by atoms with E-state index in [9.17, 15) is 28.2 Å². The number of hydrogen-bond acceptors (Lipinski definition) is 14. The third-order valence-electron chi connectivity index (χ3n) is 7.06. The smallest absolute Gasteiger partial charge is 0.297 e. The molecule has 256 valence electrons. The minimum Gasteiger partial charge on any atom is -0.481 e. The van der Waals surface area contributed by atoms with E-state index in [2.05, 4.69) is 19.9 Å². The average molecular weight is 685 g/mol. The Labute approximate surface area is 275 Å². The molecule has 0 fully saturated rings. The van der Waals surface area contributed by atoms with E-state index in [-0.39, 0.29) is 43.0 Å². The standard InChI is InChI=1S/C19H21N3O6S.C12H15N3O4/c1-13-3-5-15(6-4-13)29(25,26)28-12-14(23)9-10-22-18(24)11-20-16-7-8-17(27-2)21-19(16)22;1-19-10-3-2-9-12(14-10)15(11(18)6-13-9)5-4-8(17)7-16/h3-8,11,14,23H,9-10,12H2,1-2H3;2-3,6,8,16-17H,4-5,7H2,1H3/t14-;8-/m00/s1. The summed E-state index contributed by atoms with van der Waals surface area (Å²) < 4.78 is 42.2. The molecule has 0 bridgehead atoms. The summed E-state index contributed by atoms with van der Waals surface area (Å²) in [5.41, 5.74) is 2.01. The van der Waals surface area contributed by atoms with E-state index >= 15 is 0 Å². The third kappa shape index (κ3) is 9.17. The first-order valence-corrected chi connectivity index (χ1v) is 16.1. The van der Waals surface area contributed by atoms with Gasteiger partial charge in [0.15, 0.2) is 11.3 Å². The van der Waals surface area contributed by atoms with Gasteiger partial charge in [0.1, 0.15) is 11.0 Å². The predicted molar refractivity (Wildman–Crippen MR) is 173 cm³/mol. The van der Waals surface area contributed by atoms with Crippen LogP contribution in [0.15, 0.2) is 75.4 Å². The number of rotatable bonds is 13. The van der Waals surface area contributed by atoms with Crippen LogP contribution in [0.4, 0.5) is 0 Å². The summed E-state index contributed by atoms with van der Waals surface area (Å²) in [6, 6.07) is 12.9. The zero-order valence-corrected chi connectivity index (χ0v) is 27.3. The van der Waals surface area contributed by atoms with E-state index in [4.69, 9.17) is 18.8 Å². The molecule has 2 atom stereocenters. The fourth-order valence-corrected chi connectivity index (χ4v) is 5.32. The van der Waals surface area contributed by atoms with E-state index in [0.717, 1.165) is 5.56 Å². The lowest BCUT2D eigenvalue weighted by atomic mass is 10.2. The van der Waals surface area contributed by atoms with Gasteiger partial charge >= 0.3 is 0 Å². The van der Waals surface area contributed by atoms with Crippen molar-refractivity contribution in [1.82, 2.24) is 29.1 Å². The summed E-state index contributed by atoms with van der Waals surface area (Å²) in [7, 11) is -1.02. The molecule has 17 heteroatoms. The second kappa shape index (κ2) is 16.3. The third-order valence-corrected chi connectivity index (χ3v) is 8.35. The van der Waals surface area contributed by atoms with E-state index < -0.39 is 34.5 Å². The number of aryl methyl sites for hydroxylation is 3. The summed E-state index contributed by atoms with van der Waals surface area (Å²) in [4.78, 5) is 40.5. The van der Waals surface area contributed by atoms with Gasteiger partial charge in [-0.3, -0.25) is 22.9 Å². The molecular formula is C31H36N6O10S. The number of methoxy groups -OCH3 is 2. The maximum Gasteiger partial charge on any atom is 0.297 e. The molecule has 4 aromatic heterocycles. The number of fused-ring (bicyclic) bond motifs is 2. The molecule has 5 aromatic rings. The van der Waals surface area contributed by atoms with Crippen molar-refractivity contribution in [2.24, 2.45) is 0 Å². The Balaban J connectivity index is 0.000000237. The molecule has 0 aliphatic rings. The molecule has 0 aliphatic heterocycles. The minimum atomic E-state index is -3.97. The van der Waals surface area contributed by atoms with Crippen LogP contribution in [0.25, 0.3) is 22.3 Å². The van der Waals surface area contributed by atoms with Crippen molar-refractivity contribution in [1.29, 1.82) is 0 Å². The fraction of sp³-hybridized carbons (Fsp3) is 0.355. The van der Waals surface area contributed by atoms with E-state index in [1.807, 2.05) is 6.92 Å². The van der Waals surface area contributed by atoms with Gasteiger partial charge in [-0.2, -0.15) is 18.4 Å². The van der Waals surface area contributed by atoms with Crippen LogP contribution in [-0.2, 0) is 27.4 Å². The molecule has 1 aromatic carbocycles. The number of aromatic nitrogens is 6. The first-order chi connectivity index (χ1) is 22.9. The van der Waals surface area contributed by atoms with Crippen LogP contribution in [0.5, 0.6) is 11.8 Å². The maximum atomic E-state index is 12.2. The Morgan fingerprint density at radius 3 is 1.69 bits per heavy atom. The van der Waals surface area contributed by atoms with Crippen LogP contribution in [0, 0.1) is 6.92 Å². The van der Waals surface area contributed by atoms with Crippen molar-refractivity contribution >= 4 is 32.4 Å². The molecular weight excluding hydrogens is 648 g/mol. The van der Waals surface area contributed by atoms with Crippen LogP contribution in [0.1, 0.15) is 18.4 Å². The van der Waals surface area contributed by atoms with Gasteiger partial charge in [-0.1, -0.05) is 17.7 Å². The zero-order chi connectivity index (χ0) is 34.8. The van der Waals surface area contributed by atoms with Gasteiger partial charge in [0.2, 0.25) is 11.8 Å². The molecule has 0 spiro atoms. The van der Waals surface area contributed by atoms with E-state index in [0.29, 0.717) is 34.1 Å². The Morgan fingerprint density at radius 2 is 1.23 bits per heavy atom. The van der Waals surface area contributed by atoms with Crippen molar-refractivity contribution in [2.45, 2.75) is 50.0 Å². The zero-order valence-electron chi connectivity index (χ0n) is 26.5. The highest BCUT2D eigenvalue weighted by molar-refractivity contribution is 7.86. The molecule has 4 heterocycles. The summed E-state index contributed by atoms with van der Waals surface area (Å²) in [5, 5.41) is 28.3. The van der Waals surface area contributed by atoms with Crippen LogP contribution in [0.3, 0.4) is 0 Å². The highest BCUT2D eigenvalue weighted by Crippen LogP contribution is 2.16. The Morgan fingerprint density at radius 1 is 0.750 bits per heavy atom. The molecule has 0 saturated carbocycles. The van der Waals surface area contributed by atoms with Gasteiger partial charge < -0.3 is 24.8 Å². The van der Waals surface area contributed by atoms with Gasteiger partial charge in [0, 0.05) is 25.2 Å². The molecule has 0 radical (unpaired) electrons. The first kappa shape index (κ1) is 36.0. The van der Waals surface area contributed by atoms with Crippen LogP contribution in [-0.4, -0.2) is 92.4 Å². The van der Waals surface area contributed by atoms with Crippen molar-refractivity contribution in [3.63, 3.8) is 0 Å². The SMILES string of the molecule is COc1ccc2ncc(=O)n(CC[C@H](O)CO)c2n1.COc1ccc2ncc(=O)n(CC[C@H](O)COS(=O)(=O)c3ccc(C)cc3)c2n1. The first-order valence-electron chi connectivity index (χ1n) is 14.7. The number of hydrogen-bond donors (Lipinski definition) is 3. The highest BCUT2D eigenvalue weighted by atomic mass is 32.2. The largest absolute Gasteiger partial charge is 0.481 e. The second-order valence-electron chi connectivity index (χ2n) is 10.5. The van der Waals surface area contributed by atoms with Crippen LogP contribution < -0.4 is 20.6 Å². The summed E-state index contributed by atoms with van der Waals surface area (Å²) in [5.74, 6) is 0.711. The van der Waals surface area contributed by atoms with Gasteiger partial charge in [-0.05, 0) is 44.0 Å². The summed E-state index contributed by atoms with van der Waals surface area (Å²) in [6.07, 6.45) is 0.760. The van der Waals surface area contributed by atoms with Gasteiger partial charge in [-0.15, -0.1) is 0 Å². The minimum absolute atomic E-state index is 0.0166. The number of aliphatic hydroxyl groups excluding tert-OH is 3. The van der Waals surface area contributed by atoms with Crippen molar-refractivity contribution < 1.29 is 37.4 Å². The van der Waals surface area contributed by atoms with Crippen LogP contribution >= 0.6 is 0 Å². The van der Waals surface area contributed by atoms with Crippen molar-refractivity contribution in [3.05, 3.63) is 87.2 Å². The summed E-state index contributed by atoms with van der Waals surface area (Å²) >= 11 is 0. The van der Waals surface area contributed by atoms with Crippen LogP contribution in [0.2, 0.25) is 0 Å². The molecule has 16 nitrogen and oxygen atoms in total. The number of ether oxygens (including phenoxy) is 2. The molecule has 5 rings (SSSR count). The van der Waals surface area contributed by atoms with Crippen molar-refractivity contribution in [3.8, 4) is 11.8 Å². The number of pyridine rings is 2. The molecule has 48 heavy (non-hydrogen) atoms. The Bertz CT molecular complexity index is 2070. The number of benzene rings is 1. The topological polar surface area (TPSA) is 218 Å². The number of nitrogens with zero attached hydrogens (tertiary/aromatic N) is 6. The maximum absolute atomic E-state index is 12.2. The summed E-state index contributed by atoms with van der Waals surface area (Å²) in [6.45, 7) is 1.43. The Kier molecular flexibility index (Phi) is 12.3. The Hall–Kier alpha value is -4.81. The second-order valence-corrected chi connectivity index (χ2v) is 12.1. The molecule has 3 N–H and O–H groups in total. The molecule has 0 amide bonds. The van der Waals surface area contributed by atoms with E-state index in [1.54, 1.807) is 36.4 Å². The number of aliphatic hydroxyl groups is 3. The molecule has 0 unspecified atom stereocenters. The van der Waals surface area contributed by atoms with Gasteiger partial charge in [0.25, 0.3) is 21.2 Å². The van der Waals surface area contributed by atoms with Gasteiger partial charge in [0.05, 0.1) is 56.9 Å². The fourth-order valence-electron chi connectivity index (χ4n) is 4.38. The van der Waals surface area contributed by atoms with Gasteiger partial charge in [-0.25, -0.2) is 9.97 Å². The predicted octanol–water partition coefficient (Wildman–Crippen LogP) is 0.808. The van der Waals surface area contributed by atoms with Crippen molar-refractivity contribution in [2.75, 3.05) is 27.4 Å². The quantitative estimate of drug-likeness (QED) is 0.146. The average Bonchev–Trinajstić information content (AvgIpc) is 3.09. The lowest BCUT2D eigenvalue weighted by molar-refractivity contribution is 0.0846.